The average Bonchev–Trinajstić information content (AvgIpc) is 2.77. The summed E-state index contributed by atoms with van der Waals surface area (Å²) in [6.45, 7) is 0.529. The van der Waals surface area contributed by atoms with Crippen molar-refractivity contribution in [2.45, 2.75) is 63.2 Å². The Kier molecular flexibility index (Phi) is 4.17. The molecule has 0 saturated carbocycles. The minimum Gasteiger partial charge on any atom is -0.343 e. The molecule has 0 aromatic carbocycles. The molecular weight excluding hydrogens is 281 g/mol. The highest BCUT2D eigenvalue weighted by Gasteiger charge is 2.42. The van der Waals surface area contributed by atoms with Gasteiger partial charge in [0, 0.05) is 31.6 Å². The number of alkyl halides is 3. The van der Waals surface area contributed by atoms with E-state index in [2.05, 4.69) is 5.32 Å². The molecule has 0 aliphatic carbocycles. The molecule has 1 amide bonds. The van der Waals surface area contributed by atoms with E-state index in [1.54, 1.807) is 4.90 Å². The van der Waals surface area contributed by atoms with Crippen molar-refractivity contribution in [1.29, 1.82) is 0 Å². The Morgan fingerprint density at radius 2 is 1.62 bits per heavy atom. The lowest BCUT2D eigenvalue weighted by molar-refractivity contribution is -0.186. The predicted octanol–water partition coefficient (Wildman–Crippen LogP) is 2.71. The Morgan fingerprint density at radius 3 is 2.14 bits per heavy atom. The molecule has 2 atom stereocenters. The quantitative estimate of drug-likeness (QED) is 0.851. The van der Waals surface area contributed by atoms with Crippen molar-refractivity contribution in [2.24, 2.45) is 11.8 Å². The third kappa shape index (κ3) is 3.52. The number of likely N-dealkylation sites (tertiary alicyclic amines) is 1. The fourth-order valence-corrected chi connectivity index (χ4v) is 4.17. The van der Waals surface area contributed by atoms with E-state index in [4.69, 9.17) is 0 Å². The Morgan fingerprint density at radius 1 is 1.05 bits per heavy atom. The molecule has 0 spiro atoms. The second-order valence-corrected chi connectivity index (χ2v) is 6.88. The van der Waals surface area contributed by atoms with Crippen molar-refractivity contribution in [1.82, 2.24) is 10.2 Å². The highest BCUT2D eigenvalue weighted by atomic mass is 19.4. The summed E-state index contributed by atoms with van der Waals surface area (Å²) in [6.07, 6.45) is 1.02. The second kappa shape index (κ2) is 5.78. The smallest absolute Gasteiger partial charge is 0.343 e. The molecule has 0 aromatic heterocycles. The summed E-state index contributed by atoms with van der Waals surface area (Å²) >= 11 is 0. The highest BCUT2D eigenvalue weighted by molar-refractivity contribution is 5.76. The van der Waals surface area contributed by atoms with Gasteiger partial charge in [0.1, 0.15) is 0 Å². The number of fused-ring (bicyclic) bond motifs is 2. The molecule has 3 heterocycles. The van der Waals surface area contributed by atoms with Gasteiger partial charge in [-0.3, -0.25) is 4.79 Å². The lowest BCUT2D eigenvalue weighted by Crippen LogP contribution is -2.44. The Bertz CT molecular complexity index is 379. The third-order valence-corrected chi connectivity index (χ3v) is 5.34. The molecule has 3 aliphatic rings. The van der Waals surface area contributed by atoms with E-state index in [0.29, 0.717) is 24.4 Å². The van der Waals surface area contributed by atoms with Gasteiger partial charge in [0.05, 0.1) is 5.92 Å². The molecule has 21 heavy (non-hydrogen) atoms. The largest absolute Gasteiger partial charge is 0.391 e. The standard InChI is InChI=1S/C15H23F3N2O/c16-15(17,18)11-3-5-20(6-4-11)14(21)9-10-7-12-1-2-13(8-10)19-12/h10-13,19H,1-9H2. The molecule has 1 N–H and O–H groups in total. The van der Waals surface area contributed by atoms with Crippen molar-refractivity contribution >= 4 is 5.91 Å². The molecule has 2 unspecified atom stereocenters. The molecule has 3 nitrogen and oxygen atoms in total. The lowest BCUT2D eigenvalue weighted by atomic mass is 9.88. The maximum absolute atomic E-state index is 12.6. The summed E-state index contributed by atoms with van der Waals surface area (Å²) in [6, 6.07) is 1.11. The minimum absolute atomic E-state index is 0.0573. The Hall–Kier alpha value is -0.780. The van der Waals surface area contributed by atoms with Crippen LogP contribution >= 0.6 is 0 Å². The van der Waals surface area contributed by atoms with Crippen molar-refractivity contribution < 1.29 is 18.0 Å². The molecule has 0 aromatic rings. The first kappa shape index (κ1) is 15.1. The molecule has 3 saturated heterocycles. The summed E-state index contributed by atoms with van der Waals surface area (Å²) in [5.74, 6) is -0.755. The van der Waals surface area contributed by atoms with Crippen LogP contribution in [0.15, 0.2) is 0 Å². The van der Waals surface area contributed by atoms with E-state index in [1.807, 2.05) is 0 Å². The van der Waals surface area contributed by atoms with Gasteiger partial charge >= 0.3 is 6.18 Å². The van der Waals surface area contributed by atoms with Crippen molar-refractivity contribution in [3.05, 3.63) is 0 Å². The average molecular weight is 304 g/mol. The number of nitrogens with one attached hydrogen (secondary N) is 1. The predicted molar refractivity (Wildman–Crippen MR) is 72.6 cm³/mol. The number of halogens is 3. The number of amides is 1. The molecule has 0 radical (unpaired) electrons. The van der Waals surface area contributed by atoms with Gasteiger partial charge in [-0.25, -0.2) is 0 Å². The molecule has 3 aliphatic heterocycles. The maximum Gasteiger partial charge on any atom is 0.391 e. The van der Waals surface area contributed by atoms with E-state index < -0.39 is 12.1 Å². The fourth-order valence-electron chi connectivity index (χ4n) is 4.17. The van der Waals surface area contributed by atoms with Crippen LogP contribution in [0.4, 0.5) is 13.2 Å². The molecule has 120 valence electrons. The van der Waals surface area contributed by atoms with Gasteiger partial charge in [0.15, 0.2) is 0 Å². The Labute approximate surface area is 123 Å². The molecule has 3 fully saturated rings. The first-order valence-electron chi connectivity index (χ1n) is 8.02. The summed E-state index contributed by atoms with van der Waals surface area (Å²) in [5.41, 5.74) is 0. The van der Waals surface area contributed by atoms with Crippen LogP contribution in [0, 0.1) is 11.8 Å². The first-order valence-corrected chi connectivity index (χ1v) is 8.02. The Balaban J connectivity index is 1.46. The summed E-state index contributed by atoms with van der Waals surface area (Å²) in [5, 5.41) is 3.55. The molecule has 2 bridgehead atoms. The van der Waals surface area contributed by atoms with Crippen LogP contribution < -0.4 is 5.32 Å². The van der Waals surface area contributed by atoms with Gasteiger partial charge in [-0.15, -0.1) is 0 Å². The number of carbonyl (C=O) groups excluding carboxylic acids is 1. The maximum atomic E-state index is 12.6. The topological polar surface area (TPSA) is 32.3 Å². The highest BCUT2D eigenvalue weighted by Crippen LogP contribution is 2.36. The number of hydrogen-bond acceptors (Lipinski definition) is 2. The number of nitrogens with zero attached hydrogens (tertiary/aromatic N) is 1. The van der Waals surface area contributed by atoms with Crippen LogP contribution in [0.5, 0.6) is 0 Å². The van der Waals surface area contributed by atoms with Gasteiger partial charge in [0.25, 0.3) is 0 Å². The summed E-state index contributed by atoms with van der Waals surface area (Å²) in [7, 11) is 0. The van der Waals surface area contributed by atoms with E-state index in [0.717, 1.165) is 12.8 Å². The van der Waals surface area contributed by atoms with Crippen LogP contribution in [0.2, 0.25) is 0 Å². The van der Waals surface area contributed by atoms with Crippen molar-refractivity contribution in [3.63, 3.8) is 0 Å². The van der Waals surface area contributed by atoms with Crippen molar-refractivity contribution in [2.75, 3.05) is 13.1 Å². The van der Waals surface area contributed by atoms with Crippen LogP contribution in [0.3, 0.4) is 0 Å². The first-order chi connectivity index (χ1) is 9.91. The number of carbonyl (C=O) groups is 1. The van der Waals surface area contributed by atoms with Gasteiger partial charge in [-0.1, -0.05) is 0 Å². The number of piperidine rings is 2. The lowest BCUT2D eigenvalue weighted by Gasteiger charge is -2.35. The fraction of sp³-hybridized carbons (Fsp3) is 0.933. The van der Waals surface area contributed by atoms with E-state index in [9.17, 15) is 18.0 Å². The van der Waals surface area contributed by atoms with Crippen LogP contribution in [0.1, 0.15) is 44.9 Å². The number of hydrogen-bond donors (Lipinski definition) is 1. The zero-order valence-electron chi connectivity index (χ0n) is 12.2. The third-order valence-electron chi connectivity index (χ3n) is 5.34. The second-order valence-electron chi connectivity index (χ2n) is 6.88. The molecule has 3 rings (SSSR count). The van der Waals surface area contributed by atoms with Gasteiger partial charge < -0.3 is 10.2 Å². The summed E-state index contributed by atoms with van der Waals surface area (Å²) in [4.78, 5) is 13.9. The molecular formula is C15H23F3N2O. The van der Waals surface area contributed by atoms with E-state index in [1.165, 1.54) is 12.8 Å². The van der Waals surface area contributed by atoms with Gasteiger partial charge in [0.2, 0.25) is 5.91 Å². The van der Waals surface area contributed by atoms with Crippen LogP contribution in [-0.2, 0) is 4.79 Å². The minimum atomic E-state index is -4.11. The van der Waals surface area contributed by atoms with Gasteiger partial charge in [-0.2, -0.15) is 13.2 Å². The number of rotatable bonds is 2. The normalized spacial score (nSPS) is 34.2. The van der Waals surface area contributed by atoms with Crippen LogP contribution in [-0.4, -0.2) is 42.2 Å². The summed E-state index contributed by atoms with van der Waals surface area (Å²) < 4.78 is 37.9. The van der Waals surface area contributed by atoms with E-state index in [-0.39, 0.29) is 31.8 Å². The van der Waals surface area contributed by atoms with Crippen LogP contribution in [0.25, 0.3) is 0 Å². The van der Waals surface area contributed by atoms with E-state index >= 15 is 0 Å². The zero-order chi connectivity index (χ0) is 15.0. The van der Waals surface area contributed by atoms with Gasteiger partial charge in [-0.05, 0) is 44.4 Å². The monoisotopic (exact) mass is 304 g/mol. The molecule has 6 heteroatoms. The van der Waals surface area contributed by atoms with Crippen molar-refractivity contribution in [3.8, 4) is 0 Å². The SMILES string of the molecule is O=C(CC1CC2CCC(C1)N2)N1CCC(C(F)(F)F)CC1. The zero-order valence-corrected chi connectivity index (χ0v) is 12.2.